The fraction of sp³-hybridized carbons (Fsp3) is 0.250. The molecular weight excluding hydrogens is 368 g/mol. The van der Waals surface area contributed by atoms with E-state index in [9.17, 15) is 14.4 Å². The summed E-state index contributed by atoms with van der Waals surface area (Å²) in [6, 6.07) is 6.91. The fourth-order valence-electron chi connectivity index (χ4n) is 1.96. The molecule has 25 heavy (non-hydrogen) atoms. The highest BCUT2D eigenvalue weighted by atomic mass is 35.5. The lowest BCUT2D eigenvalue weighted by atomic mass is 10.1. The molecule has 0 saturated carbocycles. The summed E-state index contributed by atoms with van der Waals surface area (Å²) in [6.45, 7) is 0. The number of aliphatic carboxylic acids is 1. The van der Waals surface area contributed by atoms with Crippen molar-refractivity contribution in [2.75, 3.05) is 12.4 Å². The van der Waals surface area contributed by atoms with Crippen molar-refractivity contribution in [1.82, 2.24) is 4.98 Å². The van der Waals surface area contributed by atoms with Crippen molar-refractivity contribution in [3.63, 3.8) is 0 Å². The van der Waals surface area contributed by atoms with Crippen LogP contribution in [0.15, 0.2) is 24.3 Å². The average molecular weight is 383 g/mol. The Bertz CT molecular complexity index is 788. The number of rotatable bonds is 7. The van der Waals surface area contributed by atoms with Crippen molar-refractivity contribution in [3.8, 4) is 11.3 Å². The lowest BCUT2D eigenvalue weighted by Gasteiger charge is -2.01. The number of amides is 1. The Labute approximate surface area is 152 Å². The van der Waals surface area contributed by atoms with E-state index in [4.69, 9.17) is 16.7 Å². The van der Waals surface area contributed by atoms with Crippen LogP contribution in [0.1, 0.15) is 17.7 Å². The third kappa shape index (κ3) is 5.54. The van der Waals surface area contributed by atoms with E-state index in [1.54, 1.807) is 24.3 Å². The minimum atomic E-state index is -1.05. The van der Waals surface area contributed by atoms with Gasteiger partial charge >= 0.3 is 11.9 Å². The summed E-state index contributed by atoms with van der Waals surface area (Å²) in [4.78, 5) is 38.9. The zero-order valence-electron chi connectivity index (χ0n) is 13.2. The highest BCUT2D eigenvalue weighted by molar-refractivity contribution is 7.16. The maximum atomic E-state index is 11.8. The van der Waals surface area contributed by atoms with Crippen molar-refractivity contribution >= 4 is 45.9 Å². The second-order valence-electron chi connectivity index (χ2n) is 4.99. The largest absolute Gasteiger partial charge is 0.481 e. The number of aromatic nitrogens is 1. The van der Waals surface area contributed by atoms with Crippen LogP contribution in [0, 0.1) is 0 Å². The van der Waals surface area contributed by atoms with E-state index >= 15 is 0 Å². The molecule has 1 aromatic carbocycles. The molecule has 2 aromatic rings. The van der Waals surface area contributed by atoms with Crippen LogP contribution in [0.4, 0.5) is 5.13 Å². The van der Waals surface area contributed by atoms with Gasteiger partial charge in [-0.3, -0.25) is 14.4 Å². The smallest absolute Gasteiger partial charge is 0.310 e. The third-order valence-corrected chi connectivity index (χ3v) is 4.38. The number of benzene rings is 1. The van der Waals surface area contributed by atoms with E-state index in [1.165, 1.54) is 7.11 Å². The molecule has 0 unspecified atom stereocenters. The van der Waals surface area contributed by atoms with Gasteiger partial charge in [-0.1, -0.05) is 23.7 Å². The molecule has 0 radical (unpaired) electrons. The number of carbonyl (C=O) groups excluding carboxylic acids is 2. The Hall–Kier alpha value is -2.45. The van der Waals surface area contributed by atoms with Crippen molar-refractivity contribution in [3.05, 3.63) is 34.2 Å². The Kier molecular flexibility index (Phi) is 6.49. The first-order chi connectivity index (χ1) is 11.9. The molecule has 0 atom stereocenters. The predicted molar refractivity (Wildman–Crippen MR) is 93.8 cm³/mol. The van der Waals surface area contributed by atoms with Crippen LogP contribution in [0.3, 0.4) is 0 Å². The van der Waals surface area contributed by atoms with Gasteiger partial charge in [0.05, 0.1) is 25.6 Å². The summed E-state index contributed by atoms with van der Waals surface area (Å²) in [7, 11) is 1.29. The normalized spacial score (nSPS) is 10.3. The van der Waals surface area contributed by atoms with Gasteiger partial charge in [0.2, 0.25) is 5.91 Å². The Balaban J connectivity index is 2.25. The molecule has 0 bridgehead atoms. The van der Waals surface area contributed by atoms with Gasteiger partial charge in [0.15, 0.2) is 5.13 Å². The van der Waals surface area contributed by atoms with Gasteiger partial charge in [-0.25, -0.2) is 4.98 Å². The molecule has 0 spiro atoms. The Morgan fingerprint density at radius 2 is 1.92 bits per heavy atom. The summed E-state index contributed by atoms with van der Waals surface area (Å²) < 4.78 is 4.69. The number of carboxylic acid groups (broad SMARTS) is 1. The number of anilines is 1. The van der Waals surface area contributed by atoms with Gasteiger partial charge < -0.3 is 15.2 Å². The summed E-state index contributed by atoms with van der Waals surface area (Å²) >= 11 is 7.02. The Morgan fingerprint density at radius 1 is 1.24 bits per heavy atom. The zero-order chi connectivity index (χ0) is 18.4. The van der Waals surface area contributed by atoms with E-state index in [1.807, 2.05) is 0 Å². The topological polar surface area (TPSA) is 106 Å². The first-order valence-electron chi connectivity index (χ1n) is 7.23. The molecular formula is C16H15ClN2O5S. The number of carbonyl (C=O) groups is 3. The van der Waals surface area contributed by atoms with E-state index in [0.717, 1.165) is 16.9 Å². The van der Waals surface area contributed by atoms with Gasteiger partial charge in [-0.2, -0.15) is 0 Å². The van der Waals surface area contributed by atoms with Crippen LogP contribution < -0.4 is 5.32 Å². The fourth-order valence-corrected chi connectivity index (χ4v) is 3.08. The number of hydrogen-bond donors (Lipinski definition) is 2. The minimum absolute atomic E-state index is 0.0110. The standard InChI is InChI=1S/C16H15ClN2O5S/c1-24-14(23)8-11-15(9-2-4-10(17)5-3-9)19-16(25-11)18-12(20)6-7-13(21)22/h2-5H,6-8H2,1H3,(H,21,22)(H,18,19,20). The predicted octanol–water partition coefficient (Wildman–Crippen LogP) is 2.98. The third-order valence-electron chi connectivity index (χ3n) is 3.16. The van der Waals surface area contributed by atoms with Gasteiger partial charge in [0.1, 0.15) is 0 Å². The number of halogens is 1. The van der Waals surface area contributed by atoms with Crippen LogP contribution in [-0.2, 0) is 25.5 Å². The van der Waals surface area contributed by atoms with Crippen molar-refractivity contribution in [2.24, 2.45) is 0 Å². The quantitative estimate of drug-likeness (QED) is 0.713. The number of methoxy groups -OCH3 is 1. The summed E-state index contributed by atoms with van der Waals surface area (Å²) in [5, 5.41) is 12.0. The second-order valence-corrected chi connectivity index (χ2v) is 6.51. The number of nitrogens with zero attached hydrogens (tertiary/aromatic N) is 1. The van der Waals surface area contributed by atoms with Gasteiger partial charge in [-0.05, 0) is 12.1 Å². The molecule has 0 aliphatic heterocycles. The van der Waals surface area contributed by atoms with E-state index in [0.29, 0.717) is 20.7 Å². The first-order valence-corrected chi connectivity index (χ1v) is 8.42. The molecule has 1 heterocycles. The van der Waals surface area contributed by atoms with Crippen LogP contribution >= 0.6 is 22.9 Å². The molecule has 7 nitrogen and oxygen atoms in total. The number of hydrogen-bond acceptors (Lipinski definition) is 6. The van der Waals surface area contributed by atoms with Crippen molar-refractivity contribution < 1.29 is 24.2 Å². The molecule has 0 fully saturated rings. The number of carboxylic acids is 1. The highest BCUT2D eigenvalue weighted by Gasteiger charge is 2.18. The van der Waals surface area contributed by atoms with E-state index in [2.05, 4.69) is 15.0 Å². The molecule has 0 aliphatic carbocycles. The monoisotopic (exact) mass is 382 g/mol. The highest BCUT2D eigenvalue weighted by Crippen LogP contribution is 2.32. The molecule has 1 amide bonds. The minimum Gasteiger partial charge on any atom is -0.481 e. The molecule has 2 N–H and O–H groups in total. The average Bonchev–Trinajstić information content (AvgIpc) is 2.95. The maximum Gasteiger partial charge on any atom is 0.310 e. The van der Waals surface area contributed by atoms with Crippen LogP contribution in [0.25, 0.3) is 11.3 Å². The molecule has 2 rings (SSSR count). The van der Waals surface area contributed by atoms with E-state index in [-0.39, 0.29) is 19.3 Å². The van der Waals surface area contributed by atoms with Gasteiger partial charge in [-0.15, -0.1) is 11.3 Å². The van der Waals surface area contributed by atoms with Crippen LogP contribution in [-0.4, -0.2) is 35.0 Å². The summed E-state index contributed by atoms with van der Waals surface area (Å²) in [5.41, 5.74) is 1.28. The molecule has 0 saturated heterocycles. The summed E-state index contributed by atoms with van der Waals surface area (Å²) in [6.07, 6.45) is -0.412. The number of esters is 1. The lowest BCUT2D eigenvalue weighted by Crippen LogP contribution is -2.12. The van der Waals surface area contributed by atoms with Crippen molar-refractivity contribution in [2.45, 2.75) is 19.3 Å². The van der Waals surface area contributed by atoms with Crippen LogP contribution in [0.2, 0.25) is 5.02 Å². The zero-order valence-corrected chi connectivity index (χ0v) is 14.8. The molecule has 9 heteroatoms. The Morgan fingerprint density at radius 3 is 2.52 bits per heavy atom. The molecule has 1 aromatic heterocycles. The van der Waals surface area contributed by atoms with Crippen LogP contribution in [0.5, 0.6) is 0 Å². The summed E-state index contributed by atoms with van der Waals surface area (Å²) in [5.74, 6) is -1.94. The molecule has 132 valence electrons. The van der Waals surface area contributed by atoms with Crippen molar-refractivity contribution in [1.29, 1.82) is 0 Å². The second kappa shape index (κ2) is 8.59. The first kappa shape index (κ1) is 18.9. The SMILES string of the molecule is COC(=O)Cc1sc(NC(=O)CCC(=O)O)nc1-c1ccc(Cl)cc1. The number of nitrogens with one attached hydrogen (secondary N) is 1. The maximum absolute atomic E-state index is 11.8. The van der Waals surface area contributed by atoms with E-state index < -0.39 is 17.8 Å². The molecule has 0 aliphatic rings. The van der Waals surface area contributed by atoms with Gasteiger partial charge in [0.25, 0.3) is 0 Å². The van der Waals surface area contributed by atoms with Gasteiger partial charge in [0, 0.05) is 21.9 Å². The number of thiazole rings is 1. The number of ether oxygens (including phenoxy) is 1. The lowest BCUT2D eigenvalue weighted by molar-refractivity contribution is -0.140.